The van der Waals surface area contributed by atoms with Gasteiger partial charge in [0, 0.05) is 18.4 Å². The second-order valence-electron chi connectivity index (χ2n) is 9.29. The van der Waals surface area contributed by atoms with Crippen molar-refractivity contribution in [2.45, 2.75) is 59.1 Å². The molecular weight excluding hydrogens is 460 g/mol. The fourth-order valence-corrected chi connectivity index (χ4v) is 3.47. The van der Waals surface area contributed by atoms with Crippen LogP contribution in [0.15, 0.2) is 59.0 Å². The van der Waals surface area contributed by atoms with E-state index in [0.29, 0.717) is 24.7 Å². The molecule has 2 aromatic carbocycles. The van der Waals surface area contributed by atoms with E-state index in [1.165, 1.54) is 0 Å². The van der Waals surface area contributed by atoms with Gasteiger partial charge in [-0.1, -0.05) is 30.3 Å². The molecule has 1 N–H and O–H groups in total. The summed E-state index contributed by atoms with van der Waals surface area (Å²) in [4.78, 5) is 29.2. The van der Waals surface area contributed by atoms with Crippen LogP contribution in [0.4, 0.5) is 4.79 Å². The van der Waals surface area contributed by atoms with Gasteiger partial charge >= 0.3 is 12.1 Å². The number of hydrogen-bond acceptors (Lipinski definition) is 7. The summed E-state index contributed by atoms with van der Waals surface area (Å²) in [5.41, 5.74) is 1.97. The molecule has 1 heterocycles. The van der Waals surface area contributed by atoms with Crippen molar-refractivity contribution < 1.29 is 28.2 Å². The predicted molar refractivity (Wildman–Crippen MR) is 136 cm³/mol. The van der Waals surface area contributed by atoms with Crippen molar-refractivity contribution in [2.24, 2.45) is 0 Å². The van der Waals surface area contributed by atoms with Crippen LogP contribution in [-0.4, -0.2) is 41.9 Å². The number of carbonyl (C=O) groups is 2. The summed E-state index contributed by atoms with van der Waals surface area (Å²) >= 11 is 0. The fourth-order valence-electron chi connectivity index (χ4n) is 3.47. The Balaban J connectivity index is 1.55. The molecule has 0 aliphatic rings. The molecule has 0 saturated carbocycles. The third-order valence-electron chi connectivity index (χ3n) is 5.15. The minimum absolute atomic E-state index is 0.218. The molecule has 36 heavy (non-hydrogen) atoms. The lowest BCUT2D eigenvalue weighted by Gasteiger charge is -2.23. The predicted octanol–water partition coefficient (Wildman–Crippen LogP) is 5.27. The Bertz CT molecular complexity index is 1130. The topological polar surface area (TPSA) is 99.9 Å². The number of amides is 1. The maximum absolute atomic E-state index is 12.4. The molecule has 0 spiro atoms. The van der Waals surface area contributed by atoms with Gasteiger partial charge in [0.2, 0.25) is 5.89 Å². The van der Waals surface area contributed by atoms with Crippen molar-refractivity contribution in [1.82, 2.24) is 10.3 Å². The lowest BCUT2D eigenvalue weighted by Crippen LogP contribution is -2.45. The number of benzene rings is 2. The SMILES string of the molecule is CCOC(=O)[C@H](Cc1ccc(OCCc2nc(-c3ccccc3)oc2C)cc1)NC(=O)OC(C)(C)C. The molecule has 1 amide bonds. The Morgan fingerprint density at radius 1 is 1.06 bits per heavy atom. The Hall–Kier alpha value is -3.81. The number of aromatic nitrogens is 1. The van der Waals surface area contributed by atoms with Gasteiger partial charge in [-0.3, -0.25) is 0 Å². The van der Waals surface area contributed by atoms with Crippen LogP contribution < -0.4 is 10.1 Å². The fraction of sp³-hybridized carbons (Fsp3) is 0.393. The van der Waals surface area contributed by atoms with Gasteiger partial charge in [0.05, 0.1) is 18.9 Å². The van der Waals surface area contributed by atoms with Crippen LogP contribution in [0.3, 0.4) is 0 Å². The van der Waals surface area contributed by atoms with Crippen LogP contribution in [0.2, 0.25) is 0 Å². The van der Waals surface area contributed by atoms with Crippen LogP contribution in [-0.2, 0) is 27.1 Å². The van der Waals surface area contributed by atoms with E-state index >= 15 is 0 Å². The van der Waals surface area contributed by atoms with Crippen molar-refractivity contribution >= 4 is 12.1 Å². The Morgan fingerprint density at radius 2 is 1.75 bits per heavy atom. The third kappa shape index (κ3) is 8.15. The molecule has 0 aliphatic heterocycles. The molecule has 3 aromatic rings. The monoisotopic (exact) mass is 494 g/mol. The van der Waals surface area contributed by atoms with Gasteiger partial charge in [-0.05, 0) is 64.4 Å². The normalized spacial score (nSPS) is 12.0. The zero-order valence-corrected chi connectivity index (χ0v) is 21.5. The number of nitrogens with one attached hydrogen (secondary N) is 1. The second kappa shape index (κ2) is 12.2. The largest absolute Gasteiger partial charge is 0.493 e. The van der Waals surface area contributed by atoms with E-state index in [1.807, 2.05) is 61.5 Å². The smallest absolute Gasteiger partial charge is 0.408 e. The highest BCUT2D eigenvalue weighted by molar-refractivity contribution is 5.81. The minimum Gasteiger partial charge on any atom is -0.493 e. The van der Waals surface area contributed by atoms with Crippen LogP contribution in [0, 0.1) is 6.92 Å². The van der Waals surface area contributed by atoms with Gasteiger partial charge in [0.15, 0.2) is 0 Å². The summed E-state index contributed by atoms with van der Waals surface area (Å²) in [7, 11) is 0. The average Bonchev–Trinajstić information content (AvgIpc) is 3.19. The van der Waals surface area contributed by atoms with E-state index in [2.05, 4.69) is 10.3 Å². The van der Waals surface area contributed by atoms with E-state index in [9.17, 15) is 9.59 Å². The van der Waals surface area contributed by atoms with E-state index in [4.69, 9.17) is 18.6 Å². The van der Waals surface area contributed by atoms with Crippen LogP contribution in [0.5, 0.6) is 5.75 Å². The Labute approximate surface area is 212 Å². The first-order valence-electron chi connectivity index (χ1n) is 12.0. The maximum atomic E-state index is 12.4. The van der Waals surface area contributed by atoms with Crippen LogP contribution >= 0.6 is 0 Å². The molecule has 0 saturated heterocycles. The zero-order valence-electron chi connectivity index (χ0n) is 21.5. The van der Waals surface area contributed by atoms with Gasteiger partial charge < -0.3 is 23.9 Å². The summed E-state index contributed by atoms with van der Waals surface area (Å²) in [5.74, 6) is 1.55. The molecule has 0 unspecified atom stereocenters. The molecule has 0 aliphatic carbocycles. The number of nitrogens with zero attached hydrogens (tertiary/aromatic N) is 1. The first-order chi connectivity index (χ1) is 17.1. The second-order valence-corrected chi connectivity index (χ2v) is 9.29. The highest BCUT2D eigenvalue weighted by atomic mass is 16.6. The number of ether oxygens (including phenoxy) is 3. The highest BCUT2D eigenvalue weighted by Crippen LogP contribution is 2.22. The quantitative estimate of drug-likeness (QED) is 0.383. The number of aryl methyl sites for hydroxylation is 1. The van der Waals surface area contributed by atoms with Gasteiger partial charge in [0.25, 0.3) is 0 Å². The van der Waals surface area contributed by atoms with Gasteiger partial charge in [0.1, 0.15) is 23.2 Å². The summed E-state index contributed by atoms with van der Waals surface area (Å²) < 4.78 is 22.1. The molecule has 1 aromatic heterocycles. The molecule has 3 rings (SSSR count). The lowest BCUT2D eigenvalue weighted by atomic mass is 10.1. The highest BCUT2D eigenvalue weighted by Gasteiger charge is 2.25. The number of hydrogen-bond donors (Lipinski definition) is 1. The Morgan fingerprint density at radius 3 is 2.39 bits per heavy atom. The molecule has 1 atom stereocenters. The number of rotatable bonds is 10. The molecular formula is C28H34N2O6. The van der Waals surface area contributed by atoms with Crippen molar-refractivity contribution in [3.8, 4) is 17.2 Å². The lowest BCUT2D eigenvalue weighted by molar-refractivity contribution is -0.145. The van der Waals surface area contributed by atoms with E-state index < -0.39 is 23.7 Å². The molecule has 0 fully saturated rings. The van der Waals surface area contributed by atoms with E-state index in [-0.39, 0.29) is 13.0 Å². The summed E-state index contributed by atoms with van der Waals surface area (Å²) in [6.45, 7) is 9.55. The first-order valence-corrected chi connectivity index (χ1v) is 12.0. The number of oxazole rings is 1. The number of esters is 1. The number of carbonyl (C=O) groups excluding carboxylic acids is 2. The van der Waals surface area contributed by atoms with Crippen LogP contribution in [0.25, 0.3) is 11.5 Å². The number of alkyl carbamates (subject to hydrolysis) is 1. The van der Waals surface area contributed by atoms with Gasteiger partial charge in [-0.2, -0.15) is 0 Å². The van der Waals surface area contributed by atoms with Gasteiger partial charge in [-0.15, -0.1) is 0 Å². The van der Waals surface area contributed by atoms with Crippen LogP contribution in [0.1, 0.15) is 44.7 Å². The summed E-state index contributed by atoms with van der Waals surface area (Å²) in [6.07, 6.45) is 0.201. The maximum Gasteiger partial charge on any atom is 0.408 e. The first kappa shape index (κ1) is 26.8. The van der Waals surface area contributed by atoms with Crippen molar-refractivity contribution in [2.75, 3.05) is 13.2 Å². The van der Waals surface area contributed by atoms with Gasteiger partial charge in [-0.25, -0.2) is 14.6 Å². The minimum atomic E-state index is -0.861. The molecule has 0 bridgehead atoms. The van der Waals surface area contributed by atoms with Crippen molar-refractivity contribution in [3.63, 3.8) is 0 Å². The summed E-state index contributed by atoms with van der Waals surface area (Å²) in [5, 5.41) is 2.61. The molecule has 8 heteroatoms. The zero-order chi connectivity index (χ0) is 26.1. The summed E-state index contributed by atoms with van der Waals surface area (Å²) in [6, 6.07) is 16.3. The molecule has 192 valence electrons. The van der Waals surface area contributed by atoms with Crippen molar-refractivity contribution in [3.05, 3.63) is 71.6 Å². The molecule has 0 radical (unpaired) electrons. The van der Waals surface area contributed by atoms with Crippen molar-refractivity contribution in [1.29, 1.82) is 0 Å². The average molecular weight is 495 g/mol. The van der Waals surface area contributed by atoms with E-state index in [0.717, 1.165) is 22.6 Å². The third-order valence-corrected chi connectivity index (χ3v) is 5.15. The standard InChI is InChI=1S/C28H34N2O6/c1-6-33-26(31)24(30-27(32)36-28(3,4)5)18-20-12-14-22(15-13-20)34-17-16-23-19(2)35-25(29-23)21-10-8-7-9-11-21/h7-15,24H,6,16-18H2,1-5H3,(H,30,32)/t24-/m0/s1. The Kier molecular flexibility index (Phi) is 9.11. The molecule has 8 nitrogen and oxygen atoms in total. The van der Waals surface area contributed by atoms with E-state index in [1.54, 1.807) is 27.7 Å².